The highest BCUT2D eigenvalue weighted by Crippen LogP contribution is 2.34. The molecular weight excluding hydrogens is 166 g/mol. The molecule has 1 saturated carbocycles. The normalized spacial score (nSPS) is 18.2. The molecule has 0 unspecified atom stereocenters. The largest absolute Gasteiger partial charge is 0.469 e. The molecule has 1 fully saturated rings. The van der Waals surface area contributed by atoms with Crippen LogP contribution < -0.4 is 5.32 Å². The molecule has 0 atom stereocenters. The lowest BCUT2D eigenvalue weighted by Crippen LogP contribution is -2.35. The van der Waals surface area contributed by atoms with Crippen molar-refractivity contribution in [2.45, 2.75) is 31.7 Å². The molecular formula is C10H13NO2. The summed E-state index contributed by atoms with van der Waals surface area (Å²) in [5.41, 5.74) is 0.0731. The summed E-state index contributed by atoms with van der Waals surface area (Å²) in [6.07, 6.45) is 4.12. The van der Waals surface area contributed by atoms with Gasteiger partial charge in [-0.3, -0.25) is 4.79 Å². The molecule has 3 nitrogen and oxygen atoms in total. The molecule has 1 heterocycles. The Morgan fingerprint density at radius 1 is 1.69 bits per heavy atom. The van der Waals surface area contributed by atoms with Crippen molar-refractivity contribution in [1.82, 2.24) is 5.32 Å². The number of carbonyl (C=O) groups excluding carboxylic acids is 1. The number of amides is 1. The van der Waals surface area contributed by atoms with E-state index in [1.807, 2.05) is 6.07 Å². The number of nitrogens with one attached hydrogen (secondary N) is 1. The molecule has 70 valence electrons. The van der Waals surface area contributed by atoms with Gasteiger partial charge in [0, 0.05) is 5.54 Å². The van der Waals surface area contributed by atoms with Crippen LogP contribution in [0.15, 0.2) is 22.8 Å². The number of furan rings is 1. The van der Waals surface area contributed by atoms with Crippen LogP contribution in [-0.4, -0.2) is 11.4 Å². The Kier molecular flexibility index (Phi) is 1.87. The Labute approximate surface area is 77.1 Å². The highest BCUT2D eigenvalue weighted by atomic mass is 16.3. The summed E-state index contributed by atoms with van der Waals surface area (Å²) >= 11 is 0. The second-order valence-corrected chi connectivity index (χ2v) is 3.86. The summed E-state index contributed by atoms with van der Waals surface area (Å²) in [6.45, 7) is 2.06. The van der Waals surface area contributed by atoms with Crippen molar-refractivity contribution in [1.29, 1.82) is 0 Å². The molecule has 1 aromatic heterocycles. The minimum atomic E-state index is 0.0509. The van der Waals surface area contributed by atoms with Crippen LogP contribution >= 0.6 is 0 Å². The molecule has 1 aliphatic carbocycles. The molecule has 0 saturated heterocycles. The number of rotatable bonds is 3. The Hall–Kier alpha value is -1.25. The van der Waals surface area contributed by atoms with Crippen LogP contribution in [-0.2, 0) is 11.2 Å². The summed E-state index contributed by atoms with van der Waals surface area (Å²) in [7, 11) is 0. The van der Waals surface area contributed by atoms with Gasteiger partial charge in [0.25, 0.3) is 0 Å². The minimum absolute atomic E-state index is 0.0509. The maximum atomic E-state index is 11.4. The van der Waals surface area contributed by atoms with E-state index in [1.165, 1.54) is 0 Å². The average Bonchev–Trinajstić information content (AvgIpc) is 2.61. The topological polar surface area (TPSA) is 42.2 Å². The zero-order valence-electron chi connectivity index (χ0n) is 7.67. The number of carbonyl (C=O) groups is 1. The predicted molar refractivity (Wildman–Crippen MR) is 48.2 cm³/mol. The van der Waals surface area contributed by atoms with E-state index in [4.69, 9.17) is 4.42 Å². The number of hydrogen-bond acceptors (Lipinski definition) is 2. The van der Waals surface area contributed by atoms with Crippen molar-refractivity contribution in [2.24, 2.45) is 0 Å². The van der Waals surface area contributed by atoms with Gasteiger partial charge in [0.2, 0.25) is 5.91 Å². The average molecular weight is 179 g/mol. The van der Waals surface area contributed by atoms with E-state index in [9.17, 15) is 4.79 Å². The van der Waals surface area contributed by atoms with E-state index < -0.39 is 0 Å². The van der Waals surface area contributed by atoms with E-state index in [0.29, 0.717) is 6.42 Å². The molecule has 0 spiro atoms. The number of hydrogen-bond donors (Lipinski definition) is 1. The Morgan fingerprint density at radius 3 is 3.00 bits per heavy atom. The Balaban J connectivity index is 1.85. The van der Waals surface area contributed by atoms with Crippen LogP contribution in [0.5, 0.6) is 0 Å². The fraction of sp³-hybridized carbons (Fsp3) is 0.500. The Morgan fingerprint density at radius 2 is 2.46 bits per heavy atom. The van der Waals surface area contributed by atoms with E-state index in [1.54, 1.807) is 12.3 Å². The molecule has 0 aliphatic heterocycles. The molecule has 0 radical (unpaired) electrons. The van der Waals surface area contributed by atoms with Crippen LogP contribution in [0.4, 0.5) is 0 Å². The quantitative estimate of drug-likeness (QED) is 0.763. The van der Waals surface area contributed by atoms with E-state index in [-0.39, 0.29) is 11.4 Å². The molecule has 1 amide bonds. The molecule has 0 bridgehead atoms. The molecule has 1 aliphatic rings. The van der Waals surface area contributed by atoms with Gasteiger partial charge in [-0.15, -0.1) is 0 Å². The maximum Gasteiger partial charge on any atom is 0.228 e. The van der Waals surface area contributed by atoms with Gasteiger partial charge in [0.1, 0.15) is 5.76 Å². The zero-order valence-corrected chi connectivity index (χ0v) is 7.67. The van der Waals surface area contributed by atoms with Crippen molar-refractivity contribution in [2.75, 3.05) is 0 Å². The van der Waals surface area contributed by atoms with Crippen molar-refractivity contribution in [3.63, 3.8) is 0 Å². The summed E-state index contributed by atoms with van der Waals surface area (Å²) < 4.78 is 5.08. The first-order valence-corrected chi connectivity index (χ1v) is 4.51. The monoisotopic (exact) mass is 179 g/mol. The molecule has 1 N–H and O–H groups in total. The summed E-state index contributed by atoms with van der Waals surface area (Å²) in [4.78, 5) is 11.4. The molecule has 3 heteroatoms. The summed E-state index contributed by atoms with van der Waals surface area (Å²) in [6, 6.07) is 3.61. The van der Waals surface area contributed by atoms with Crippen molar-refractivity contribution < 1.29 is 9.21 Å². The van der Waals surface area contributed by atoms with Crippen molar-refractivity contribution in [3.8, 4) is 0 Å². The fourth-order valence-electron chi connectivity index (χ4n) is 1.26. The van der Waals surface area contributed by atoms with Gasteiger partial charge in [-0.05, 0) is 31.9 Å². The second kappa shape index (κ2) is 2.91. The predicted octanol–water partition coefficient (Wildman–Crippen LogP) is 1.49. The molecule has 13 heavy (non-hydrogen) atoms. The highest BCUT2D eigenvalue weighted by Gasteiger charge is 2.38. The molecule has 2 rings (SSSR count). The van der Waals surface area contributed by atoms with Crippen LogP contribution in [0.1, 0.15) is 25.5 Å². The van der Waals surface area contributed by atoms with Crippen LogP contribution in [0.3, 0.4) is 0 Å². The lowest BCUT2D eigenvalue weighted by atomic mass is 10.2. The third-order valence-electron chi connectivity index (χ3n) is 2.36. The standard InChI is InChI=1S/C10H13NO2/c1-10(4-5-10)11-9(12)7-8-3-2-6-13-8/h2-3,6H,4-5,7H2,1H3,(H,11,12). The van der Waals surface area contributed by atoms with Gasteiger partial charge < -0.3 is 9.73 Å². The smallest absolute Gasteiger partial charge is 0.228 e. The first-order valence-electron chi connectivity index (χ1n) is 4.51. The van der Waals surface area contributed by atoms with Gasteiger partial charge in [-0.1, -0.05) is 0 Å². The first-order chi connectivity index (χ1) is 6.18. The highest BCUT2D eigenvalue weighted by molar-refractivity contribution is 5.79. The first kappa shape index (κ1) is 8.35. The lowest BCUT2D eigenvalue weighted by molar-refractivity contribution is -0.121. The SMILES string of the molecule is CC1(NC(=O)Cc2ccco2)CC1. The zero-order chi connectivity index (χ0) is 9.31. The lowest BCUT2D eigenvalue weighted by Gasteiger charge is -2.09. The van der Waals surface area contributed by atoms with Gasteiger partial charge >= 0.3 is 0 Å². The third-order valence-corrected chi connectivity index (χ3v) is 2.36. The van der Waals surface area contributed by atoms with Crippen LogP contribution in [0, 0.1) is 0 Å². The van der Waals surface area contributed by atoms with Crippen molar-refractivity contribution >= 4 is 5.91 Å². The van der Waals surface area contributed by atoms with E-state index in [2.05, 4.69) is 12.2 Å². The fourth-order valence-corrected chi connectivity index (χ4v) is 1.26. The minimum Gasteiger partial charge on any atom is -0.469 e. The summed E-state index contributed by atoms with van der Waals surface area (Å²) in [5, 5.41) is 2.97. The van der Waals surface area contributed by atoms with Crippen LogP contribution in [0.2, 0.25) is 0 Å². The van der Waals surface area contributed by atoms with Crippen molar-refractivity contribution in [3.05, 3.63) is 24.2 Å². The molecule has 1 aromatic rings. The second-order valence-electron chi connectivity index (χ2n) is 3.86. The Bertz CT molecular complexity index is 299. The van der Waals surface area contributed by atoms with Gasteiger partial charge in [-0.2, -0.15) is 0 Å². The van der Waals surface area contributed by atoms with E-state index in [0.717, 1.165) is 18.6 Å². The van der Waals surface area contributed by atoms with E-state index >= 15 is 0 Å². The van der Waals surface area contributed by atoms with Gasteiger partial charge in [0.15, 0.2) is 0 Å². The maximum absolute atomic E-state index is 11.4. The van der Waals surface area contributed by atoms with Crippen LogP contribution in [0.25, 0.3) is 0 Å². The third kappa shape index (κ3) is 2.11. The summed E-state index contributed by atoms with van der Waals surface area (Å²) in [5.74, 6) is 0.775. The molecule has 0 aromatic carbocycles. The van der Waals surface area contributed by atoms with Gasteiger partial charge in [-0.25, -0.2) is 0 Å². The van der Waals surface area contributed by atoms with Gasteiger partial charge in [0.05, 0.1) is 12.7 Å².